The molecule has 0 aromatic rings. The van der Waals surface area contributed by atoms with Crippen molar-refractivity contribution in [2.24, 2.45) is 0 Å². The van der Waals surface area contributed by atoms with Crippen molar-refractivity contribution in [2.45, 2.75) is 47.0 Å². The van der Waals surface area contributed by atoms with E-state index in [1.807, 2.05) is 37.5 Å². The summed E-state index contributed by atoms with van der Waals surface area (Å²) in [5.74, 6) is -0.335. The van der Waals surface area contributed by atoms with Crippen molar-refractivity contribution in [1.29, 1.82) is 0 Å². The first kappa shape index (κ1) is 21.9. The molecule has 0 amide bonds. The van der Waals surface area contributed by atoms with E-state index in [0.29, 0.717) is 26.3 Å². The van der Waals surface area contributed by atoms with E-state index in [1.54, 1.807) is 0 Å². The Morgan fingerprint density at radius 1 is 0.652 bits per heavy atom. The minimum atomic E-state index is -0.167. The van der Waals surface area contributed by atoms with E-state index < -0.39 is 0 Å². The van der Waals surface area contributed by atoms with Gasteiger partial charge in [-0.3, -0.25) is 19.4 Å². The number of hydrogen-bond donors (Lipinski definition) is 0. The van der Waals surface area contributed by atoms with Crippen molar-refractivity contribution < 1.29 is 19.1 Å². The van der Waals surface area contributed by atoms with Crippen LogP contribution in [0.1, 0.15) is 47.0 Å². The van der Waals surface area contributed by atoms with Crippen LogP contribution in [0.25, 0.3) is 0 Å². The van der Waals surface area contributed by atoms with Crippen LogP contribution in [-0.2, 0) is 19.1 Å². The first-order chi connectivity index (χ1) is 11.1. The van der Waals surface area contributed by atoms with Gasteiger partial charge in [0, 0.05) is 0 Å². The number of esters is 2. The first-order valence-electron chi connectivity index (χ1n) is 8.83. The molecule has 0 unspecified atom stereocenters. The summed E-state index contributed by atoms with van der Waals surface area (Å²) in [6.45, 7) is 13.1. The van der Waals surface area contributed by atoms with Gasteiger partial charge in [-0.25, -0.2) is 0 Å². The van der Waals surface area contributed by atoms with Gasteiger partial charge < -0.3 is 9.47 Å². The zero-order chi connectivity index (χ0) is 17.5. The molecule has 0 aliphatic rings. The summed E-state index contributed by atoms with van der Waals surface area (Å²) in [6, 6.07) is 0. The van der Waals surface area contributed by atoms with E-state index in [2.05, 4.69) is 0 Å². The fourth-order valence-electron chi connectivity index (χ4n) is 2.10. The zero-order valence-corrected chi connectivity index (χ0v) is 15.3. The highest BCUT2D eigenvalue weighted by atomic mass is 16.5. The van der Waals surface area contributed by atoms with E-state index in [0.717, 1.165) is 45.4 Å². The van der Waals surface area contributed by atoms with Gasteiger partial charge in [-0.05, 0) is 45.4 Å². The molecular weight excluding hydrogens is 296 g/mol. The maximum absolute atomic E-state index is 11.6. The Hall–Kier alpha value is -1.14. The number of nitrogens with zero attached hydrogens (tertiary/aromatic N) is 2. The number of carbonyl (C=O) groups is 2. The Morgan fingerprint density at radius 3 is 1.30 bits per heavy atom. The average molecular weight is 330 g/mol. The van der Waals surface area contributed by atoms with Crippen molar-refractivity contribution in [2.75, 3.05) is 52.5 Å². The Balaban J connectivity index is 3.52. The predicted molar refractivity (Wildman–Crippen MR) is 91.3 cm³/mol. The second kappa shape index (κ2) is 14.5. The second-order valence-electron chi connectivity index (χ2n) is 5.42. The van der Waals surface area contributed by atoms with Gasteiger partial charge in [-0.2, -0.15) is 0 Å². The van der Waals surface area contributed by atoms with Crippen molar-refractivity contribution in [3.8, 4) is 0 Å². The molecule has 0 aliphatic carbocycles. The fourth-order valence-corrected chi connectivity index (χ4v) is 2.10. The van der Waals surface area contributed by atoms with Gasteiger partial charge in [0.05, 0.1) is 26.3 Å². The third-order valence-corrected chi connectivity index (χ3v) is 3.81. The topological polar surface area (TPSA) is 59.1 Å². The lowest BCUT2D eigenvalue weighted by Crippen LogP contribution is -2.31. The lowest BCUT2D eigenvalue weighted by Gasteiger charge is -2.17. The Bertz CT molecular complexity index is 286. The molecule has 0 atom stereocenters. The molecule has 0 N–H and O–H groups in total. The average Bonchev–Trinajstić information content (AvgIpc) is 2.56. The number of rotatable bonds is 14. The zero-order valence-electron chi connectivity index (χ0n) is 15.3. The molecule has 23 heavy (non-hydrogen) atoms. The van der Waals surface area contributed by atoms with Crippen LogP contribution in [0.2, 0.25) is 0 Å². The maximum atomic E-state index is 11.6. The molecule has 0 aliphatic heterocycles. The van der Waals surface area contributed by atoms with Crippen LogP contribution in [0.3, 0.4) is 0 Å². The predicted octanol–water partition coefficient (Wildman–Crippen LogP) is 1.93. The third kappa shape index (κ3) is 12.0. The molecule has 0 fully saturated rings. The fraction of sp³-hybridized carbons (Fsp3) is 0.882. The van der Waals surface area contributed by atoms with E-state index in [9.17, 15) is 9.59 Å². The molecule has 0 saturated carbocycles. The molecule has 0 heterocycles. The number of unbranched alkanes of at least 4 members (excludes halogenated alkanes) is 2. The summed E-state index contributed by atoms with van der Waals surface area (Å²) in [4.78, 5) is 27.2. The molecule has 0 aromatic heterocycles. The molecule has 0 spiro atoms. The van der Waals surface area contributed by atoms with Crippen molar-refractivity contribution in [3.63, 3.8) is 0 Å². The number of ether oxygens (including phenoxy) is 2. The van der Waals surface area contributed by atoms with Gasteiger partial charge in [0.1, 0.15) is 0 Å². The van der Waals surface area contributed by atoms with E-state index in [4.69, 9.17) is 9.47 Å². The Labute approximate surface area is 141 Å². The molecule has 136 valence electrons. The Kier molecular flexibility index (Phi) is 13.7. The molecule has 0 aromatic carbocycles. The normalized spacial score (nSPS) is 11.0. The number of hydrogen-bond acceptors (Lipinski definition) is 6. The minimum absolute atomic E-state index is 0.167. The van der Waals surface area contributed by atoms with Gasteiger partial charge >= 0.3 is 11.9 Å². The highest BCUT2D eigenvalue weighted by Gasteiger charge is 2.09. The van der Waals surface area contributed by atoms with Crippen LogP contribution in [-0.4, -0.2) is 74.2 Å². The van der Waals surface area contributed by atoms with Crippen molar-refractivity contribution in [3.05, 3.63) is 0 Å². The van der Waals surface area contributed by atoms with Crippen LogP contribution in [0, 0.1) is 0 Å². The maximum Gasteiger partial charge on any atom is 0.320 e. The molecule has 0 bridgehead atoms. The smallest absolute Gasteiger partial charge is 0.320 e. The summed E-state index contributed by atoms with van der Waals surface area (Å²) in [7, 11) is 0. The second-order valence-corrected chi connectivity index (χ2v) is 5.42. The number of likely N-dealkylation sites (N-methyl/N-ethyl adjacent to an activating group) is 2. The number of carbonyl (C=O) groups excluding carboxylic acids is 2. The van der Waals surface area contributed by atoms with Gasteiger partial charge in [0.25, 0.3) is 0 Å². The van der Waals surface area contributed by atoms with Crippen LogP contribution in [0.15, 0.2) is 0 Å². The molecule has 0 rings (SSSR count). The highest BCUT2D eigenvalue weighted by Crippen LogP contribution is 1.99. The van der Waals surface area contributed by atoms with E-state index >= 15 is 0 Å². The van der Waals surface area contributed by atoms with E-state index in [-0.39, 0.29) is 11.9 Å². The van der Waals surface area contributed by atoms with Gasteiger partial charge in [0.2, 0.25) is 0 Å². The first-order valence-corrected chi connectivity index (χ1v) is 8.83. The minimum Gasteiger partial charge on any atom is -0.465 e. The summed E-state index contributed by atoms with van der Waals surface area (Å²) in [5.41, 5.74) is 0. The molecular formula is C17H34N2O4. The van der Waals surface area contributed by atoms with Crippen LogP contribution in [0.5, 0.6) is 0 Å². The summed E-state index contributed by atoms with van der Waals surface area (Å²) in [6.07, 6.45) is 2.49. The molecule has 0 radical (unpaired) electrons. The van der Waals surface area contributed by atoms with Gasteiger partial charge in [0.15, 0.2) is 0 Å². The molecule has 6 nitrogen and oxygen atoms in total. The van der Waals surface area contributed by atoms with Crippen molar-refractivity contribution in [1.82, 2.24) is 9.80 Å². The Morgan fingerprint density at radius 2 is 1.00 bits per heavy atom. The highest BCUT2D eigenvalue weighted by molar-refractivity contribution is 5.71. The molecule has 0 saturated heterocycles. The molecule has 6 heteroatoms. The van der Waals surface area contributed by atoms with Crippen LogP contribution < -0.4 is 0 Å². The van der Waals surface area contributed by atoms with Crippen molar-refractivity contribution >= 4 is 11.9 Å². The summed E-state index contributed by atoms with van der Waals surface area (Å²) >= 11 is 0. The summed E-state index contributed by atoms with van der Waals surface area (Å²) in [5, 5.41) is 0. The lowest BCUT2D eigenvalue weighted by molar-refractivity contribution is -0.145. The SMILES string of the molecule is CCN(CC)CC(=O)OCCCCCOC(=O)CN(CC)CC. The van der Waals surface area contributed by atoms with Gasteiger partial charge in [-0.1, -0.05) is 27.7 Å². The third-order valence-electron chi connectivity index (χ3n) is 3.81. The van der Waals surface area contributed by atoms with Crippen LogP contribution in [0.4, 0.5) is 0 Å². The lowest BCUT2D eigenvalue weighted by atomic mass is 10.2. The van der Waals surface area contributed by atoms with Crippen LogP contribution >= 0.6 is 0 Å². The van der Waals surface area contributed by atoms with E-state index in [1.165, 1.54) is 0 Å². The largest absolute Gasteiger partial charge is 0.465 e. The quantitative estimate of drug-likeness (QED) is 0.358. The standard InChI is InChI=1S/C17H34N2O4/c1-5-18(6-2)14-16(20)22-12-10-9-11-13-23-17(21)15-19(7-3)8-4/h5-15H2,1-4H3. The summed E-state index contributed by atoms with van der Waals surface area (Å²) < 4.78 is 10.4. The monoisotopic (exact) mass is 330 g/mol. The van der Waals surface area contributed by atoms with Gasteiger partial charge in [-0.15, -0.1) is 0 Å².